The lowest BCUT2D eigenvalue weighted by molar-refractivity contribution is 1.05. The maximum Gasteiger partial charge on any atom is 0.159 e. The Balaban J connectivity index is 3.09. The lowest BCUT2D eigenvalue weighted by Crippen LogP contribution is -2.18. The van der Waals surface area contributed by atoms with Gasteiger partial charge in [-0.2, -0.15) is 0 Å². The zero-order valence-electron chi connectivity index (χ0n) is 5.63. The van der Waals surface area contributed by atoms with Gasteiger partial charge in [0.25, 0.3) is 0 Å². The molecule has 0 aliphatic rings. The number of aromatic nitrogens is 2. The van der Waals surface area contributed by atoms with E-state index in [4.69, 9.17) is 17.3 Å². The standard InChI is InChI=1S/C5H7BClN3/c1-6-3-2-4(7)9-10-5(3)8/h2,6H,1H3,(H2,8,10). The smallest absolute Gasteiger partial charge is 0.159 e. The summed E-state index contributed by atoms with van der Waals surface area (Å²) in [6.07, 6.45) is 0. The van der Waals surface area contributed by atoms with Crippen molar-refractivity contribution in [2.45, 2.75) is 6.82 Å². The highest BCUT2D eigenvalue weighted by Gasteiger charge is 1.99. The van der Waals surface area contributed by atoms with E-state index in [-0.39, 0.29) is 0 Å². The van der Waals surface area contributed by atoms with Gasteiger partial charge in [0.05, 0.1) is 0 Å². The van der Waals surface area contributed by atoms with Crippen molar-refractivity contribution in [2.24, 2.45) is 0 Å². The summed E-state index contributed by atoms with van der Waals surface area (Å²) in [6.45, 7) is 1.99. The minimum Gasteiger partial charge on any atom is -0.383 e. The van der Waals surface area contributed by atoms with Crippen LogP contribution in [0, 0.1) is 0 Å². The molecular formula is C5H7BClN3. The van der Waals surface area contributed by atoms with Crippen molar-refractivity contribution in [1.29, 1.82) is 0 Å². The summed E-state index contributed by atoms with van der Waals surface area (Å²) in [5.74, 6) is 0.465. The third-order valence-electron chi connectivity index (χ3n) is 1.26. The summed E-state index contributed by atoms with van der Waals surface area (Å²) in [6, 6.07) is 1.73. The van der Waals surface area contributed by atoms with E-state index in [0.29, 0.717) is 11.0 Å². The third-order valence-corrected chi connectivity index (χ3v) is 1.44. The SMILES string of the molecule is CBc1cc(Cl)nnc1N. The summed E-state index contributed by atoms with van der Waals surface area (Å²) < 4.78 is 0. The van der Waals surface area contributed by atoms with Gasteiger partial charge in [0.2, 0.25) is 0 Å². The molecule has 0 bridgehead atoms. The van der Waals surface area contributed by atoms with Crippen molar-refractivity contribution < 1.29 is 0 Å². The number of anilines is 1. The average molecular weight is 155 g/mol. The quantitative estimate of drug-likeness (QED) is 0.573. The van der Waals surface area contributed by atoms with Crippen LogP contribution in [0.25, 0.3) is 0 Å². The van der Waals surface area contributed by atoms with Crippen LogP contribution in [0.4, 0.5) is 5.82 Å². The Kier molecular flexibility index (Phi) is 2.11. The first-order valence-corrected chi connectivity index (χ1v) is 3.39. The van der Waals surface area contributed by atoms with Gasteiger partial charge in [0.1, 0.15) is 5.82 Å². The van der Waals surface area contributed by atoms with Gasteiger partial charge in [-0.3, -0.25) is 0 Å². The van der Waals surface area contributed by atoms with E-state index in [1.807, 2.05) is 6.82 Å². The van der Waals surface area contributed by atoms with Gasteiger partial charge in [0.15, 0.2) is 12.4 Å². The molecule has 0 aliphatic carbocycles. The number of rotatable bonds is 1. The predicted molar refractivity (Wildman–Crippen MR) is 44.1 cm³/mol. The molecule has 10 heavy (non-hydrogen) atoms. The highest BCUT2D eigenvalue weighted by molar-refractivity contribution is 6.54. The van der Waals surface area contributed by atoms with Crippen LogP contribution in [0.2, 0.25) is 12.0 Å². The van der Waals surface area contributed by atoms with Crippen LogP contribution in [-0.2, 0) is 0 Å². The van der Waals surface area contributed by atoms with Gasteiger partial charge in [-0.1, -0.05) is 18.4 Å². The van der Waals surface area contributed by atoms with Crippen LogP contribution < -0.4 is 11.2 Å². The highest BCUT2D eigenvalue weighted by atomic mass is 35.5. The minimum absolute atomic E-state index is 0.394. The number of nitrogen functional groups attached to an aromatic ring is 1. The van der Waals surface area contributed by atoms with Crippen molar-refractivity contribution in [3.05, 3.63) is 11.2 Å². The Bertz CT molecular complexity index is 240. The zero-order valence-corrected chi connectivity index (χ0v) is 6.39. The molecule has 0 unspecified atom stereocenters. The second-order valence-electron chi connectivity index (χ2n) is 1.93. The van der Waals surface area contributed by atoms with Crippen LogP contribution in [-0.4, -0.2) is 17.5 Å². The maximum atomic E-state index is 5.57. The van der Waals surface area contributed by atoms with Crippen molar-refractivity contribution in [2.75, 3.05) is 5.73 Å². The first-order valence-electron chi connectivity index (χ1n) is 3.01. The average Bonchev–Trinajstić information content (AvgIpc) is 1.94. The molecule has 0 radical (unpaired) electrons. The molecule has 1 rings (SSSR count). The molecular weight excluding hydrogens is 148 g/mol. The van der Waals surface area contributed by atoms with Gasteiger partial charge in [-0.15, -0.1) is 10.2 Å². The normalized spacial score (nSPS) is 9.40. The van der Waals surface area contributed by atoms with Crippen LogP contribution in [0.15, 0.2) is 6.07 Å². The minimum atomic E-state index is 0.394. The number of nitrogens with zero attached hydrogens (tertiary/aromatic N) is 2. The molecule has 0 saturated carbocycles. The number of nitrogens with two attached hydrogens (primary N) is 1. The lowest BCUT2D eigenvalue weighted by Gasteiger charge is -1.97. The molecule has 5 heteroatoms. The maximum absolute atomic E-state index is 5.57. The monoisotopic (exact) mass is 155 g/mol. The summed E-state index contributed by atoms with van der Waals surface area (Å²) in [5.41, 5.74) is 6.41. The summed E-state index contributed by atoms with van der Waals surface area (Å²) in [5, 5.41) is 7.62. The summed E-state index contributed by atoms with van der Waals surface area (Å²) in [4.78, 5) is 0. The Morgan fingerprint density at radius 3 is 2.80 bits per heavy atom. The van der Waals surface area contributed by atoms with Gasteiger partial charge in [0, 0.05) is 0 Å². The van der Waals surface area contributed by atoms with Crippen molar-refractivity contribution in [3.63, 3.8) is 0 Å². The fourth-order valence-corrected chi connectivity index (χ4v) is 0.865. The largest absolute Gasteiger partial charge is 0.383 e. The molecule has 0 aliphatic heterocycles. The van der Waals surface area contributed by atoms with Crippen molar-refractivity contribution in [1.82, 2.24) is 10.2 Å². The Morgan fingerprint density at radius 1 is 1.60 bits per heavy atom. The molecule has 1 heterocycles. The molecule has 3 nitrogen and oxygen atoms in total. The van der Waals surface area contributed by atoms with Gasteiger partial charge < -0.3 is 5.73 Å². The highest BCUT2D eigenvalue weighted by Crippen LogP contribution is 1.99. The van der Waals surface area contributed by atoms with Gasteiger partial charge >= 0.3 is 0 Å². The topological polar surface area (TPSA) is 51.8 Å². The molecule has 0 atom stereocenters. The van der Waals surface area contributed by atoms with E-state index < -0.39 is 0 Å². The number of hydrogen-bond donors (Lipinski definition) is 1. The first-order chi connectivity index (χ1) is 4.74. The Labute approximate surface area is 64.8 Å². The van der Waals surface area contributed by atoms with E-state index in [1.165, 1.54) is 0 Å². The molecule has 0 saturated heterocycles. The number of halogens is 1. The van der Waals surface area contributed by atoms with Crippen molar-refractivity contribution in [3.8, 4) is 0 Å². The van der Waals surface area contributed by atoms with Gasteiger partial charge in [-0.25, -0.2) is 0 Å². The molecule has 0 spiro atoms. The van der Waals surface area contributed by atoms with Crippen molar-refractivity contribution >= 4 is 30.2 Å². The lowest BCUT2D eigenvalue weighted by atomic mass is 9.74. The molecule has 0 fully saturated rings. The third kappa shape index (κ3) is 1.39. The van der Waals surface area contributed by atoms with E-state index in [0.717, 1.165) is 12.7 Å². The van der Waals surface area contributed by atoms with E-state index in [2.05, 4.69) is 10.2 Å². The van der Waals surface area contributed by atoms with E-state index >= 15 is 0 Å². The van der Waals surface area contributed by atoms with Crippen LogP contribution in [0.5, 0.6) is 0 Å². The van der Waals surface area contributed by atoms with Crippen LogP contribution in [0.1, 0.15) is 0 Å². The molecule has 1 aromatic rings. The predicted octanol–water partition coefficient (Wildman–Crippen LogP) is -0.178. The number of hydrogen-bond acceptors (Lipinski definition) is 3. The molecule has 2 N–H and O–H groups in total. The summed E-state index contributed by atoms with van der Waals surface area (Å²) >= 11 is 5.57. The second kappa shape index (κ2) is 2.88. The second-order valence-corrected chi connectivity index (χ2v) is 2.32. The molecule has 1 aromatic heterocycles. The van der Waals surface area contributed by atoms with E-state index in [1.54, 1.807) is 6.07 Å². The fourth-order valence-electron chi connectivity index (χ4n) is 0.696. The summed E-state index contributed by atoms with van der Waals surface area (Å²) in [7, 11) is 0.834. The molecule has 52 valence electrons. The van der Waals surface area contributed by atoms with E-state index in [9.17, 15) is 0 Å². The Hall–Kier alpha value is -0.765. The van der Waals surface area contributed by atoms with Gasteiger partial charge in [-0.05, 0) is 11.5 Å². The zero-order chi connectivity index (χ0) is 7.56. The fraction of sp³-hybridized carbons (Fsp3) is 0.200. The molecule has 0 amide bonds. The molecule has 0 aromatic carbocycles. The first kappa shape index (κ1) is 7.34. The Morgan fingerprint density at radius 2 is 2.30 bits per heavy atom. The van der Waals surface area contributed by atoms with Crippen LogP contribution >= 0.6 is 11.6 Å². The van der Waals surface area contributed by atoms with Crippen LogP contribution in [0.3, 0.4) is 0 Å².